The average Bonchev–Trinajstić information content (AvgIpc) is 3.29. The molecule has 1 aliphatic heterocycles. The van der Waals surface area contributed by atoms with E-state index >= 15 is 0 Å². The molecule has 160 valence electrons. The van der Waals surface area contributed by atoms with Gasteiger partial charge in [0.1, 0.15) is 0 Å². The van der Waals surface area contributed by atoms with Gasteiger partial charge < -0.3 is 15.5 Å². The van der Waals surface area contributed by atoms with Gasteiger partial charge in [0.15, 0.2) is 0 Å². The maximum absolute atomic E-state index is 13.2. The van der Waals surface area contributed by atoms with Crippen molar-refractivity contribution in [3.63, 3.8) is 0 Å². The van der Waals surface area contributed by atoms with Crippen LogP contribution in [0.5, 0.6) is 0 Å². The topological polar surface area (TPSA) is 61.4 Å². The van der Waals surface area contributed by atoms with Gasteiger partial charge in [-0.1, -0.05) is 30.3 Å². The monoisotopic (exact) mass is 427 g/mol. The minimum Gasteiger partial charge on any atom is -0.371 e. The normalized spacial score (nSPS) is 15.0. The van der Waals surface area contributed by atoms with Crippen LogP contribution in [0.15, 0.2) is 48.5 Å². The first-order valence-electron chi connectivity index (χ1n) is 10.4. The number of carbonyl (C=O) groups is 2. The van der Waals surface area contributed by atoms with Crippen molar-refractivity contribution in [3.05, 3.63) is 59.7 Å². The van der Waals surface area contributed by atoms with Gasteiger partial charge in [-0.3, -0.25) is 9.59 Å². The van der Waals surface area contributed by atoms with E-state index in [-0.39, 0.29) is 23.7 Å². The lowest BCUT2D eigenvalue weighted by atomic mass is 9.95. The Hall–Kier alpha value is -2.53. The number of hydrogen-bond acceptors (Lipinski definition) is 3. The number of benzene rings is 2. The molecular formula is C24H30ClN3O2. The summed E-state index contributed by atoms with van der Waals surface area (Å²) in [7, 11) is 0. The molecule has 5 nitrogen and oxygen atoms in total. The molecule has 2 amide bonds. The summed E-state index contributed by atoms with van der Waals surface area (Å²) >= 11 is 5.93. The molecule has 2 aromatic rings. The quantitative estimate of drug-likeness (QED) is 0.612. The lowest BCUT2D eigenvalue weighted by molar-refractivity contribution is -0.122. The Morgan fingerprint density at radius 2 is 1.77 bits per heavy atom. The van der Waals surface area contributed by atoms with Gasteiger partial charge in [-0.2, -0.15) is 0 Å². The highest BCUT2D eigenvalue weighted by Gasteiger charge is 2.27. The number of alkyl halides is 1. The second-order valence-corrected chi connectivity index (χ2v) is 8.77. The Balaban J connectivity index is 1.87. The van der Waals surface area contributed by atoms with Crippen LogP contribution < -0.4 is 15.5 Å². The molecule has 0 saturated carbocycles. The van der Waals surface area contributed by atoms with Crippen LogP contribution in [-0.4, -0.2) is 30.8 Å². The van der Waals surface area contributed by atoms with Crippen molar-refractivity contribution < 1.29 is 9.59 Å². The first-order chi connectivity index (χ1) is 14.3. The molecule has 0 aliphatic carbocycles. The zero-order chi connectivity index (χ0) is 21.7. The van der Waals surface area contributed by atoms with E-state index in [4.69, 9.17) is 11.6 Å². The number of nitrogens with one attached hydrogen (secondary N) is 2. The zero-order valence-corrected chi connectivity index (χ0v) is 18.6. The highest BCUT2D eigenvalue weighted by atomic mass is 35.5. The van der Waals surface area contributed by atoms with Crippen molar-refractivity contribution in [2.45, 2.75) is 39.7 Å². The standard InChI is InChI=1S/C24H30ClN3O2/c1-17(18-9-5-4-6-10-18)26-22(29)20-15-19(27-23(30)24(2,3)16-25)11-12-21(20)28-13-7-8-14-28/h4-6,9-12,15,17H,7-8,13-14,16H2,1-3H3,(H,26,29)(H,27,30)/t17-/m1/s1. The third-order valence-electron chi connectivity index (χ3n) is 5.54. The van der Waals surface area contributed by atoms with Crippen molar-refractivity contribution in [1.29, 1.82) is 0 Å². The van der Waals surface area contributed by atoms with Crippen molar-refractivity contribution in [1.82, 2.24) is 5.32 Å². The van der Waals surface area contributed by atoms with Gasteiger partial charge in [-0.15, -0.1) is 11.6 Å². The summed E-state index contributed by atoms with van der Waals surface area (Å²) in [5.41, 5.74) is 2.42. The molecule has 1 saturated heterocycles. The number of halogens is 1. The van der Waals surface area contributed by atoms with E-state index in [9.17, 15) is 9.59 Å². The maximum atomic E-state index is 13.2. The first kappa shape index (κ1) is 22.2. The number of hydrogen-bond donors (Lipinski definition) is 2. The second-order valence-electron chi connectivity index (χ2n) is 8.50. The molecule has 0 spiro atoms. The number of anilines is 2. The van der Waals surface area contributed by atoms with Gasteiger partial charge >= 0.3 is 0 Å². The van der Waals surface area contributed by atoms with Crippen molar-refractivity contribution in [2.24, 2.45) is 5.41 Å². The Kier molecular flexibility index (Phi) is 7.03. The van der Waals surface area contributed by atoms with Crippen LogP contribution in [0.2, 0.25) is 0 Å². The van der Waals surface area contributed by atoms with Gasteiger partial charge in [-0.05, 0) is 57.4 Å². The Labute approximate surface area is 183 Å². The number of rotatable bonds is 7. The molecular weight excluding hydrogens is 398 g/mol. The predicted octanol–water partition coefficient (Wildman–Crippen LogP) is 4.98. The van der Waals surface area contributed by atoms with Gasteiger partial charge in [0.05, 0.1) is 17.0 Å². The molecule has 0 radical (unpaired) electrons. The molecule has 2 N–H and O–H groups in total. The predicted molar refractivity (Wildman–Crippen MR) is 123 cm³/mol. The van der Waals surface area contributed by atoms with Crippen LogP contribution in [0.25, 0.3) is 0 Å². The lowest BCUT2D eigenvalue weighted by Gasteiger charge is -2.24. The number of carbonyl (C=O) groups excluding carboxylic acids is 2. The van der Waals surface area contributed by atoms with Crippen LogP contribution in [0, 0.1) is 5.41 Å². The number of amides is 2. The fourth-order valence-electron chi connectivity index (χ4n) is 3.49. The fourth-order valence-corrected chi connectivity index (χ4v) is 3.61. The fraction of sp³-hybridized carbons (Fsp3) is 0.417. The molecule has 2 aromatic carbocycles. The van der Waals surface area contributed by atoms with Gasteiger partial charge in [-0.25, -0.2) is 0 Å². The molecule has 1 atom stereocenters. The van der Waals surface area contributed by atoms with E-state index in [1.165, 1.54) is 0 Å². The highest BCUT2D eigenvalue weighted by molar-refractivity contribution is 6.20. The summed E-state index contributed by atoms with van der Waals surface area (Å²) in [6, 6.07) is 15.3. The summed E-state index contributed by atoms with van der Waals surface area (Å²) < 4.78 is 0. The van der Waals surface area contributed by atoms with Crippen molar-refractivity contribution in [3.8, 4) is 0 Å². The van der Waals surface area contributed by atoms with Crippen molar-refractivity contribution in [2.75, 3.05) is 29.2 Å². The van der Waals surface area contributed by atoms with E-state index in [2.05, 4.69) is 15.5 Å². The van der Waals surface area contributed by atoms with Gasteiger partial charge in [0.25, 0.3) is 5.91 Å². The Morgan fingerprint density at radius 1 is 1.10 bits per heavy atom. The van der Waals surface area contributed by atoms with E-state index in [1.54, 1.807) is 19.9 Å². The Bertz CT molecular complexity index is 893. The van der Waals surface area contributed by atoms with Crippen LogP contribution >= 0.6 is 11.6 Å². The molecule has 1 heterocycles. The first-order valence-corrected chi connectivity index (χ1v) is 11.0. The van der Waals surface area contributed by atoms with Crippen LogP contribution in [0.4, 0.5) is 11.4 Å². The molecule has 3 rings (SSSR count). The van der Waals surface area contributed by atoms with E-state index in [0.717, 1.165) is 37.2 Å². The van der Waals surface area contributed by atoms with Gasteiger partial charge in [0, 0.05) is 30.3 Å². The smallest absolute Gasteiger partial charge is 0.253 e. The molecule has 1 aliphatic rings. The third-order valence-corrected chi connectivity index (χ3v) is 6.21. The molecule has 6 heteroatoms. The van der Waals surface area contributed by atoms with E-state index < -0.39 is 5.41 Å². The largest absolute Gasteiger partial charge is 0.371 e. The summed E-state index contributed by atoms with van der Waals surface area (Å²) in [4.78, 5) is 28.0. The highest BCUT2D eigenvalue weighted by Crippen LogP contribution is 2.29. The van der Waals surface area contributed by atoms with Gasteiger partial charge in [0.2, 0.25) is 5.91 Å². The van der Waals surface area contributed by atoms with E-state index in [0.29, 0.717) is 11.3 Å². The maximum Gasteiger partial charge on any atom is 0.253 e. The van der Waals surface area contributed by atoms with E-state index in [1.807, 2.05) is 49.4 Å². The third kappa shape index (κ3) is 5.14. The summed E-state index contributed by atoms with van der Waals surface area (Å²) in [6.07, 6.45) is 2.23. The molecule has 30 heavy (non-hydrogen) atoms. The minimum absolute atomic E-state index is 0.126. The molecule has 0 aromatic heterocycles. The van der Waals surface area contributed by atoms with Crippen LogP contribution in [-0.2, 0) is 4.79 Å². The Morgan fingerprint density at radius 3 is 2.40 bits per heavy atom. The zero-order valence-electron chi connectivity index (χ0n) is 17.9. The number of nitrogens with zero attached hydrogens (tertiary/aromatic N) is 1. The second kappa shape index (κ2) is 9.52. The van der Waals surface area contributed by atoms with Crippen LogP contribution in [0.1, 0.15) is 55.6 Å². The molecule has 0 bridgehead atoms. The summed E-state index contributed by atoms with van der Waals surface area (Å²) in [5.74, 6) is -0.108. The SMILES string of the molecule is C[C@@H](NC(=O)c1cc(NC(=O)C(C)(C)CCl)ccc1N1CCCC1)c1ccccc1. The summed E-state index contributed by atoms with van der Waals surface area (Å²) in [5, 5.41) is 6.01. The average molecular weight is 428 g/mol. The molecule has 1 fully saturated rings. The lowest BCUT2D eigenvalue weighted by Crippen LogP contribution is -2.33. The van der Waals surface area contributed by atoms with Crippen LogP contribution in [0.3, 0.4) is 0 Å². The minimum atomic E-state index is -0.695. The molecule has 0 unspecified atom stereocenters. The summed E-state index contributed by atoms with van der Waals surface area (Å²) in [6.45, 7) is 7.42. The van der Waals surface area contributed by atoms with Crippen molar-refractivity contribution >= 4 is 34.8 Å².